The average molecular weight is 558 g/mol. The van der Waals surface area contributed by atoms with Crippen molar-refractivity contribution in [1.29, 1.82) is 0 Å². The second-order valence-corrected chi connectivity index (χ2v) is 13.9. The molecule has 0 bridgehead atoms. The zero-order valence-corrected chi connectivity index (χ0v) is 24.1. The molecule has 37 heavy (non-hydrogen) atoms. The summed E-state index contributed by atoms with van der Waals surface area (Å²) in [7, 11) is 0. The van der Waals surface area contributed by atoms with Crippen molar-refractivity contribution in [3.05, 3.63) is 21.7 Å². The standard InChI is InChI=1S/C29H42Cl2O6/c1-15-18-9-12-28(4)25(27(18,3)11-10-20(15)33)21(34)13-19-24(17(26(35)36)7-6-8-23(30)31)22(37-16(2)32)14-29(19,28)5/h8,15,18-22,25,33-34H,6-7,9-14H2,1-5H3,(H,35,36)/b24-17-/t15-,18-,19-,20+,21+,22-,25-,27-,28-,29-/m0/s1. The molecule has 0 aromatic carbocycles. The smallest absolute Gasteiger partial charge is 0.331 e. The lowest BCUT2D eigenvalue weighted by Gasteiger charge is -2.69. The molecule has 0 aliphatic heterocycles. The van der Waals surface area contributed by atoms with E-state index in [1.54, 1.807) is 6.08 Å². The molecule has 4 rings (SSSR count). The van der Waals surface area contributed by atoms with Crippen LogP contribution >= 0.6 is 23.2 Å². The Hall–Kier alpha value is -1.08. The highest BCUT2D eigenvalue weighted by atomic mass is 35.5. The molecule has 10 atom stereocenters. The van der Waals surface area contributed by atoms with Gasteiger partial charge in [-0.1, -0.05) is 57.0 Å². The number of carbonyl (C=O) groups excluding carboxylic acids is 1. The van der Waals surface area contributed by atoms with E-state index in [0.717, 1.165) is 25.7 Å². The number of aliphatic hydroxyl groups is 2. The van der Waals surface area contributed by atoms with Crippen molar-refractivity contribution >= 4 is 35.1 Å². The predicted octanol–water partition coefficient (Wildman–Crippen LogP) is 6.02. The van der Waals surface area contributed by atoms with Crippen molar-refractivity contribution in [3.8, 4) is 0 Å². The largest absolute Gasteiger partial charge is 0.478 e. The second kappa shape index (κ2) is 10.1. The number of carboxylic acids is 1. The Bertz CT molecular complexity index is 1000. The molecule has 4 saturated carbocycles. The average Bonchev–Trinajstić information content (AvgIpc) is 3.05. The molecule has 4 fully saturated rings. The van der Waals surface area contributed by atoms with Crippen LogP contribution in [0.25, 0.3) is 0 Å². The number of halogens is 2. The Balaban J connectivity index is 1.82. The molecule has 4 aliphatic carbocycles. The third-order valence-electron chi connectivity index (χ3n) is 11.3. The van der Waals surface area contributed by atoms with Gasteiger partial charge in [0.25, 0.3) is 0 Å². The summed E-state index contributed by atoms with van der Waals surface area (Å²) in [5, 5.41) is 32.8. The molecule has 0 amide bonds. The van der Waals surface area contributed by atoms with Crippen molar-refractivity contribution in [2.75, 3.05) is 0 Å². The van der Waals surface area contributed by atoms with Crippen LogP contribution in [0.2, 0.25) is 0 Å². The van der Waals surface area contributed by atoms with E-state index in [9.17, 15) is 24.9 Å². The minimum Gasteiger partial charge on any atom is -0.478 e. The summed E-state index contributed by atoms with van der Waals surface area (Å²) in [6.45, 7) is 10.3. The third-order valence-corrected chi connectivity index (χ3v) is 11.6. The van der Waals surface area contributed by atoms with E-state index in [1.165, 1.54) is 6.92 Å². The minimum absolute atomic E-state index is 0.0125. The highest BCUT2D eigenvalue weighted by Crippen LogP contribution is 2.74. The summed E-state index contributed by atoms with van der Waals surface area (Å²) in [5.41, 5.74) is 0.100. The molecule has 3 N–H and O–H groups in total. The summed E-state index contributed by atoms with van der Waals surface area (Å²) in [5.74, 6) is -1.19. The van der Waals surface area contributed by atoms with Gasteiger partial charge < -0.3 is 20.1 Å². The Morgan fingerprint density at radius 2 is 1.76 bits per heavy atom. The molecule has 0 aromatic heterocycles. The van der Waals surface area contributed by atoms with Crippen LogP contribution in [0.1, 0.15) is 86.0 Å². The first-order valence-corrected chi connectivity index (χ1v) is 14.4. The number of hydrogen-bond donors (Lipinski definition) is 3. The number of rotatable bonds is 5. The molecule has 0 saturated heterocycles. The van der Waals surface area contributed by atoms with E-state index in [2.05, 4.69) is 27.7 Å². The third kappa shape index (κ3) is 4.58. The van der Waals surface area contributed by atoms with Crippen molar-refractivity contribution in [1.82, 2.24) is 0 Å². The quantitative estimate of drug-likeness (QED) is 0.282. The van der Waals surface area contributed by atoms with Gasteiger partial charge >= 0.3 is 11.9 Å². The van der Waals surface area contributed by atoms with Crippen LogP contribution < -0.4 is 0 Å². The van der Waals surface area contributed by atoms with Crippen LogP contribution in [-0.2, 0) is 14.3 Å². The lowest BCUT2D eigenvalue weighted by atomic mass is 9.36. The number of carboxylic acid groups (broad SMARTS) is 1. The van der Waals surface area contributed by atoms with E-state index in [0.29, 0.717) is 30.8 Å². The van der Waals surface area contributed by atoms with E-state index in [4.69, 9.17) is 27.9 Å². The first-order valence-electron chi connectivity index (χ1n) is 13.7. The number of aliphatic hydroxyl groups excluding tert-OH is 2. The monoisotopic (exact) mass is 556 g/mol. The summed E-state index contributed by atoms with van der Waals surface area (Å²) in [6.07, 6.45) is 4.98. The maximum absolute atomic E-state index is 12.6. The van der Waals surface area contributed by atoms with Crippen LogP contribution in [-0.4, -0.2) is 45.6 Å². The highest BCUT2D eigenvalue weighted by molar-refractivity contribution is 6.55. The fourth-order valence-electron chi connectivity index (χ4n) is 9.61. The van der Waals surface area contributed by atoms with E-state index in [-0.39, 0.29) is 56.6 Å². The van der Waals surface area contributed by atoms with Gasteiger partial charge in [0, 0.05) is 12.5 Å². The minimum atomic E-state index is -1.04. The molecule has 4 aliphatic rings. The van der Waals surface area contributed by atoms with E-state index < -0.39 is 24.1 Å². The van der Waals surface area contributed by atoms with E-state index in [1.807, 2.05) is 0 Å². The molecule has 0 radical (unpaired) electrons. The number of ether oxygens (including phenoxy) is 1. The van der Waals surface area contributed by atoms with Crippen molar-refractivity contribution in [2.24, 2.45) is 39.9 Å². The maximum Gasteiger partial charge on any atom is 0.331 e. The van der Waals surface area contributed by atoms with Crippen molar-refractivity contribution in [2.45, 2.75) is 104 Å². The Kier molecular flexibility index (Phi) is 7.93. The fourth-order valence-corrected chi connectivity index (χ4v) is 9.83. The fraction of sp³-hybridized carbons (Fsp3) is 0.793. The van der Waals surface area contributed by atoms with Crippen LogP contribution in [0.15, 0.2) is 21.7 Å². The van der Waals surface area contributed by atoms with Gasteiger partial charge in [0.2, 0.25) is 0 Å². The Labute approximate surface area is 230 Å². The topological polar surface area (TPSA) is 104 Å². The Morgan fingerprint density at radius 3 is 2.35 bits per heavy atom. The Morgan fingerprint density at radius 1 is 1.08 bits per heavy atom. The second-order valence-electron chi connectivity index (χ2n) is 12.9. The van der Waals surface area contributed by atoms with Gasteiger partial charge in [-0.05, 0) is 96.9 Å². The first kappa shape index (κ1) is 28.9. The molecular weight excluding hydrogens is 515 g/mol. The van der Waals surface area contributed by atoms with Crippen molar-refractivity contribution < 1.29 is 29.6 Å². The van der Waals surface area contributed by atoms with Crippen molar-refractivity contribution in [3.63, 3.8) is 0 Å². The van der Waals surface area contributed by atoms with Gasteiger partial charge in [-0.15, -0.1) is 0 Å². The summed E-state index contributed by atoms with van der Waals surface area (Å²) < 4.78 is 5.91. The van der Waals surface area contributed by atoms with Gasteiger partial charge in [-0.2, -0.15) is 0 Å². The molecule has 0 heterocycles. The number of fused-ring (bicyclic) bond motifs is 5. The normalized spacial score (nSPS) is 46.2. The number of carbonyl (C=O) groups is 2. The number of esters is 1. The zero-order valence-electron chi connectivity index (χ0n) is 22.6. The molecule has 208 valence electrons. The first-order chi connectivity index (χ1) is 17.2. The number of hydrogen-bond acceptors (Lipinski definition) is 5. The van der Waals surface area contributed by atoms with Gasteiger partial charge in [0.15, 0.2) is 0 Å². The predicted molar refractivity (Wildman–Crippen MR) is 143 cm³/mol. The van der Waals surface area contributed by atoms with Gasteiger partial charge in [0.1, 0.15) is 10.6 Å². The molecule has 0 spiro atoms. The van der Waals surface area contributed by atoms with Gasteiger partial charge in [0.05, 0.1) is 12.2 Å². The van der Waals surface area contributed by atoms with E-state index >= 15 is 0 Å². The van der Waals surface area contributed by atoms with Crippen LogP contribution in [0, 0.1) is 39.9 Å². The molecule has 0 unspecified atom stereocenters. The lowest BCUT2D eigenvalue weighted by Crippen LogP contribution is -2.65. The molecular formula is C29H42Cl2O6. The number of aliphatic carboxylic acids is 1. The van der Waals surface area contributed by atoms with Crippen LogP contribution in [0.3, 0.4) is 0 Å². The molecule has 0 aromatic rings. The van der Waals surface area contributed by atoms with Gasteiger partial charge in [-0.25, -0.2) is 4.79 Å². The van der Waals surface area contributed by atoms with Crippen LogP contribution in [0.5, 0.6) is 0 Å². The number of allylic oxidation sites excluding steroid dienone is 1. The summed E-state index contributed by atoms with van der Waals surface area (Å²) in [6, 6.07) is 0. The van der Waals surface area contributed by atoms with Crippen LogP contribution in [0.4, 0.5) is 0 Å². The maximum atomic E-state index is 12.6. The lowest BCUT2D eigenvalue weighted by molar-refractivity contribution is -0.234. The summed E-state index contributed by atoms with van der Waals surface area (Å²) in [4.78, 5) is 24.7. The highest BCUT2D eigenvalue weighted by Gasteiger charge is 2.70. The SMILES string of the molecule is CC(=O)O[C@H]1C[C@@]2(C)[C@@H](C[C@@H](O)[C@H]3[C@@]4(C)CC[C@@H](O)[C@@H](C)[C@@H]4CC[C@@]32C)/C1=C(\CCC=C(Cl)Cl)C(=O)O. The zero-order chi connectivity index (χ0) is 27.5. The van der Waals surface area contributed by atoms with Gasteiger partial charge in [-0.3, -0.25) is 4.79 Å². The summed E-state index contributed by atoms with van der Waals surface area (Å²) >= 11 is 11.6. The molecule has 6 nitrogen and oxygen atoms in total. The molecule has 8 heteroatoms.